The molecule has 3 nitrogen and oxygen atoms in total. The standard InChI is InChI=1S/C13H14N2O/c1-2-3-10-8-14-13(15-9-10)11-4-6-12(16)7-5-11/h4-9,16H,2-3H2,1H3. The van der Waals surface area contributed by atoms with E-state index in [4.69, 9.17) is 0 Å². The van der Waals surface area contributed by atoms with Crippen molar-refractivity contribution < 1.29 is 5.11 Å². The summed E-state index contributed by atoms with van der Waals surface area (Å²) >= 11 is 0. The topological polar surface area (TPSA) is 46.0 Å². The fourth-order valence-corrected chi connectivity index (χ4v) is 1.53. The SMILES string of the molecule is CCCc1cnc(-c2ccc(O)cc2)nc1. The third-order valence-electron chi connectivity index (χ3n) is 2.37. The summed E-state index contributed by atoms with van der Waals surface area (Å²) in [5.41, 5.74) is 2.07. The van der Waals surface area contributed by atoms with Gasteiger partial charge in [0.25, 0.3) is 0 Å². The van der Waals surface area contributed by atoms with Gasteiger partial charge in [-0.1, -0.05) is 13.3 Å². The van der Waals surface area contributed by atoms with E-state index in [0.717, 1.165) is 24.0 Å². The number of aromatic nitrogens is 2. The van der Waals surface area contributed by atoms with Crippen molar-refractivity contribution in [3.05, 3.63) is 42.2 Å². The molecule has 0 bridgehead atoms. The molecule has 0 atom stereocenters. The van der Waals surface area contributed by atoms with Crippen molar-refractivity contribution in [2.24, 2.45) is 0 Å². The first-order valence-corrected chi connectivity index (χ1v) is 5.40. The minimum absolute atomic E-state index is 0.256. The number of benzene rings is 1. The second-order valence-corrected chi connectivity index (χ2v) is 3.71. The zero-order valence-electron chi connectivity index (χ0n) is 9.22. The highest BCUT2D eigenvalue weighted by molar-refractivity contribution is 5.55. The molecule has 2 aromatic rings. The first-order valence-electron chi connectivity index (χ1n) is 5.40. The Balaban J connectivity index is 2.24. The molecule has 0 fully saturated rings. The lowest BCUT2D eigenvalue weighted by molar-refractivity contribution is 0.475. The number of hydrogen-bond donors (Lipinski definition) is 1. The molecule has 0 radical (unpaired) electrons. The minimum atomic E-state index is 0.256. The lowest BCUT2D eigenvalue weighted by Gasteiger charge is -2.01. The van der Waals surface area contributed by atoms with Crippen LogP contribution in [-0.4, -0.2) is 15.1 Å². The lowest BCUT2D eigenvalue weighted by Crippen LogP contribution is -1.91. The number of hydrogen-bond acceptors (Lipinski definition) is 3. The van der Waals surface area contributed by atoms with E-state index < -0.39 is 0 Å². The summed E-state index contributed by atoms with van der Waals surface area (Å²) in [6, 6.07) is 6.89. The van der Waals surface area contributed by atoms with Crippen LogP contribution in [0.2, 0.25) is 0 Å². The maximum atomic E-state index is 9.18. The summed E-state index contributed by atoms with van der Waals surface area (Å²) in [4.78, 5) is 8.61. The molecule has 0 saturated carbocycles. The Bertz CT molecular complexity index is 448. The van der Waals surface area contributed by atoms with Gasteiger partial charge in [0.2, 0.25) is 0 Å². The van der Waals surface area contributed by atoms with Crippen LogP contribution < -0.4 is 0 Å². The Hall–Kier alpha value is -1.90. The molecule has 0 unspecified atom stereocenters. The summed E-state index contributed by atoms with van der Waals surface area (Å²) in [6.07, 6.45) is 5.83. The second-order valence-electron chi connectivity index (χ2n) is 3.71. The first kappa shape index (κ1) is 10.6. The van der Waals surface area contributed by atoms with E-state index in [1.54, 1.807) is 12.1 Å². The van der Waals surface area contributed by atoms with E-state index >= 15 is 0 Å². The quantitative estimate of drug-likeness (QED) is 0.854. The predicted octanol–water partition coefficient (Wildman–Crippen LogP) is 2.80. The van der Waals surface area contributed by atoms with Crippen LogP contribution in [-0.2, 0) is 6.42 Å². The number of phenolic OH excluding ortho intramolecular Hbond substituents is 1. The van der Waals surface area contributed by atoms with Gasteiger partial charge in [0.15, 0.2) is 5.82 Å². The van der Waals surface area contributed by atoms with Crippen LogP contribution >= 0.6 is 0 Å². The van der Waals surface area contributed by atoms with Crippen molar-refractivity contribution in [3.63, 3.8) is 0 Å². The van der Waals surface area contributed by atoms with Crippen molar-refractivity contribution in [1.82, 2.24) is 9.97 Å². The summed E-state index contributed by atoms with van der Waals surface area (Å²) in [5, 5.41) is 9.18. The Morgan fingerprint density at radius 1 is 1.06 bits per heavy atom. The highest BCUT2D eigenvalue weighted by atomic mass is 16.3. The lowest BCUT2D eigenvalue weighted by atomic mass is 10.2. The maximum Gasteiger partial charge on any atom is 0.159 e. The molecule has 2 rings (SSSR count). The number of nitrogens with zero attached hydrogens (tertiary/aromatic N) is 2. The summed E-state index contributed by atoms with van der Waals surface area (Å²) in [6.45, 7) is 2.13. The molecule has 3 heteroatoms. The fourth-order valence-electron chi connectivity index (χ4n) is 1.53. The second kappa shape index (κ2) is 4.75. The average Bonchev–Trinajstić information content (AvgIpc) is 2.32. The van der Waals surface area contributed by atoms with Crippen LogP contribution in [0.1, 0.15) is 18.9 Å². The summed E-state index contributed by atoms with van der Waals surface area (Å²) < 4.78 is 0. The van der Waals surface area contributed by atoms with Gasteiger partial charge in [0, 0.05) is 18.0 Å². The van der Waals surface area contributed by atoms with E-state index in [2.05, 4.69) is 16.9 Å². The molecule has 0 spiro atoms. The van der Waals surface area contributed by atoms with Gasteiger partial charge >= 0.3 is 0 Å². The average molecular weight is 214 g/mol. The van der Waals surface area contributed by atoms with Crippen molar-refractivity contribution in [3.8, 4) is 17.1 Å². The Kier molecular flexibility index (Phi) is 3.15. The zero-order valence-corrected chi connectivity index (χ0v) is 9.22. The predicted molar refractivity (Wildman–Crippen MR) is 63.1 cm³/mol. The van der Waals surface area contributed by atoms with E-state index in [1.807, 2.05) is 24.5 Å². The molecule has 0 aliphatic carbocycles. The Morgan fingerprint density at radius 2 is 1.69 bits per heavy atom. The monoisotopic (exact) mass is 214 g/mol. The number of aromatic hydroxyl groups is 1. The molecule has 82 valence electrons. The summed E-state index contributed by atoms with van der Waals surface area (Å²) in [5.74, 6) is 0.950. The van der Waals surface area contributed by atoms with Gasteiger partial charge in [0.1, 0.15) is 5.75 Å². The minimum Gasteiger partial charge on any atom is -0.508 e. The van der Waals surface area contributed by atoms with E-state index in [-0.39, 0.29) is 5.75 Å². The molecular weight excluding hydrogens is 200 g/mol. The van der Waals surface area contributed by atoms with Crippen LogP contribution in [0.3, 0.4) is 0 Å². The van der Waals surface area contributed by atoms with Crippen molar-refractivity contribution in [2.45, 2.75) is 19.8 Å². The Labute approximate surface area is 94.8 Å². The smallest absolute Gasteiger partial charge is 0.159 e. The van der Waals surface area contributed by atoms with Gasteiger partial charge in [0.05, 0.1) is 0 Å². The van der Waals surface area contributed by atoms with Gasteiger partial charge in [-0.15, -0.1) is 0 Å². The van der Waals surface area contributed by atoms with Gasteiger partial charge in [-0.2, -0.15) is 0 Å². The van der Waals surface area contributed by atoms with Crippen molar-refractivity contribution in [2.75, 3.05) is 0 Å². The molecule has 16 heavy (non-hydrogen) atoms. The van der Waals surface area contributed by atoms with E-state index in [1.165, 1.54) is 0 Å². The van der Waals surface area contributed by atoms with Gasteiger partial charge < -0.3 is 5.11 Å². The maximum absolute atomic E-state index is 9.18. The van der Waals surface area contributed by atoms with Crippen LogP contribution in [0.5, 0.6) is 5.75 Å². The van der Waals surface area contributed by atoms with Crippen molar-refractivity contribution >= 4 is 0 Å². The van der Waals surface area contributed by atoms with Crippen LogP contribution in [0.4, 0.5) is 0 Å². The molecule has 1 aromatic carbocycles. The highest BCUT2D eigenvalue weighted by Gasteiger charge is 2.00. The largest absolute Gasteiger partial charge is 0.508 e. The van der Waals surface area contributed by atoms with Crippen LogP contribution in [0, 0.1) is 0 Å². The normalized spacial score (nSPS) is 10.3. The Morgan fingerprint density at radius 3 is 2.25 bits per heavy atom. The molecule has 0 amide bonds. The molecule has 1 aromatic heterocycles. The molecule has 0 saturated heterocycles. The third kappa shape index (κ3) is 2.37. The van der Waals surface area contributed by atoms with Crippen molar-refractivity contribution in [1.29, 1.82) is 0 Å². The van der Waals surface area contributed by atoms with Gasteiger partial charge in [-0.05, 0) is 36.2 Å². The molecule has 0 aliphatic heterocycles. The molecular formula is C13H14N2O. The molecule has 0 aliphatic rings. The third-order valence-corrected chi connectivity index (χ3v) is 2.37. The first-order chi connectivity index (χ1) is 7.79. The number of aryl methyl sites for hydroxylation is 1. The number of rotatable bonds is 3. The van der Waals surface area contributed by atoms with Gasteiger partial charge in [-0.3, -0.25) is 0 Å². The molecule has 1 N–H and O–H groups in total. The molecule has 1 heterocycles. The van der Waals surface area contributed by atoms with Crippen LogP contribution in [0.15, 0.2) is 36.7 Å². The van der Waals surface area contributed by atoms with E-state index in [9.17, 15) is 5.11 Å². The van der Waals surface area contributed by atoms with E-state index in [0.29, 0.717) is 5.82 Å². The zero-order chi connectivity index (χ0) is 11.4. The summed E-state index contributed by atoms with van der Waals surface area (Å²) in [7, 11) is 0. The van der Waals surface area contributed by atoms with Crippen LogP contribution in [0.25, 0.3) is 11.4 Å². The fraction of sp³-hybridized carbons (Fsp3) is 0.231. The number of phenols is 1. The highest BCUT2D eigenvalue weighted by Crippen LogP contribution is 2.18. The van der Waals surface area contributed by atoms with Gasteiger partial charge in [-0.25, -0.2) is 9.97 Å².